The summed E-state index contributed by atoms with van der Waals surface area (Å²) in [6.45, 7) is 0. The molecular formula is C5H6N2O5. The van der Waals surface area contributed by atoms with E-state index in [9.17, 15) is 9.90 Å². The molecule has 1 aromatic rings. The quantitative estimate of drug-likeness (QED) is 0.376. The number of hydrogen-bond donors (Lipinski definition) is 0. The molecular weight excluding hydrogens is 168 g/mol. The van der Waals surface area contributed by atoms with Gasteiger partial charge in [0, 0.05) is 0 Å². The minimum Gasteiger partial charge on any atom is -0.538 e. The summed E-state index contributed by atoms with van der Waals surface area (Å²) in [7, 11) is 2.36. The maximum absolute atomic E-state index is 10.9. The van der Waals surface area contributed by atoms with E-state index in [-0.39, 0.29) is 0 Å². The summed E-state index contributed by atoms with van der Waals surface area (Å²) in [5.41, 5.74) is -0.403. The van der Waals surface area contributed by atoms with Gasteiger partial charge < -0.3 is 14.4 Å². The fourth-order valence-corrected chi connectivity index (χ4v) is 0.619. The lowest BCUT2D eigenvalue weighted by atomic mass is 10.5. The first-order valence-corrected chi connectivity index (χ1v) is 2.92. The van der Waals surface area contributed by atoms with Crippen molar-refractivity contribution in [2.75, 3.05) is 14.2 Å². The lowest BCUT2D eigenvalue weighted by Gasteiger charge is -1.92. The van der Waals surface area contributed by atoms with Crippen molar-refractivity contribution in [1.82, 2.24) is 5.27 Å². The average molecular weight is 174 g/mol. The Morgan fingerprint density at radius 2 is 2.33 bits per heavy atom. The molecule has 0 saturated carbocycles. The summed E-state index contributed by atoms with van der Waals surface area (Å²) in [5, 5.41) is 13.9. The number of rotatable bonds is 2. The van der Waals surface area contributed by atoms with Crippen LogP contribution in [0.3, 0.4) is 0 Å². The zero-order valence-corrected chi connectivity index (χ0v) is 6.44. The number of methoxy groups -OCH3 is 1. The van der Waals surface area contributed by atoms with Crippen LogP contribution in [-0.2, 0) is 4.74 Å². The molecule has 0 N–H and O–H groups in total. The first-order valence-electron chi connectivity index (χ1n) is 2.92. The van der Waals surface area contributed by atoms with Crippen LogP contribution in [0, 0.1) is 0 Å². The van der Waals surface area contributed by atoms with E-state index < -0.39 is 17.6 Å². The molecule has 1 aromatic heterocycles. The highest BCUT2D eigenvalue weighted by molar-refractivity contribution is 5.87. The van der Waals surface area contributed by atoms with E-state index in [0.717, 1.165) is 7.11 Å². The number of aromatic nitrogens is 2. The Kier molecular flexibility index (Phi) is 2.13. The lowest BCUT2D eigenvalue weighted by molar-refractivity contribution is -0.936. The highest BCUT2D eigenvalue weighted by Gasteiger charge is 2.28. The van der Waals surface area contributed by atoms with Crippen molar-refractivity contribution in [1.29, 1.82) is 0 Å². The van der Waals surface area contributed by atoms with Gasteiger partial charge in [-0.05, 0) is 0 Å². The zero-order valence-electron chi connectivity index (χ0n) is 6.44. The Morgan fingerprint density at radius 3 is 2.83 bits per heavy atom. The molecule has 0 aliphatic carbocycles. The molecule has 66 valence electrons. The van der Waals surface area contributed by atoms with Crippen LogP contribution < -0.4 is 14.8 Å². The van der Waals surface area contributed by atoms with Crippen LogP contribution in [-0.4, -0.2) is 25.5 Å². The fraction of sp³-hybridized carbons (Fsp3) is 0.400. The van der Waals surface area contributed by atoms with Crippen molar-refractivity contribution < 1.29 is 28.8 Å². The SMILES string of the molecule is COC(=O)c1c([O-])on[n+]1OC. The molecule has 1 heterocycles. The largest absolute Gasteiger partial charge is 0.538 e. The van der Waals surface area contributed by atoms with Gasteiger partial charge in [0.1, 0.15) is 5.27 Å². The molecule has 0 unspecified atom stereocenters. The third-order valence-corrected chi connectivity index (χ3v) is 1.13. The van der Waals surface area contributed by atoms with E-state index in [1.165, 1.54) is 7.11 Å². The molecule has 7 heteroatoms. The van der Waals surface area contributed by atoms with E-state index in [0.29, 0.717) is 4.85 Å². The normalized spacial score (nSPS) is 9.50. The molecule has 0 saturated heterocycles. The van der Waals surface area contributed by atoms with E-state index in [2.05, 4.69) is 19.4 Å². The van der Waals surface area contributed by atoms with Crippen LogP contribution in [0.25, 0.3) is 0 Å². The molecule has 0 aliphatic heterocycles. The van der Waals surface area contributed by atoms with Crippen LogP contribution in [0.4, 0.5) is 0 Å². The number of carbonyl (C=O) groups excluding carboxylic acids is 1. The van der Waals surface area contributed by atoms with E-state index >= 15 is 0 Å². The first kappa shape index (κ1) is 8.31. The molecule has 0 atom stereocenters. The van der Waals surface area contributed by atoms with Gasteiger partial charge in [-0.3, -0.25) is 0 Å². The first-order chi connectivity index (χ1) is 5.70. The number of ether oxygens (including phenoxy) is 1. The zero-order chi connectivity index (χ0) is 9.14. The van der Waals surface area contributed by atoms with E-state index in [1.807, 2.05) is 0 Å². The predicted octanol–water partition coefficient (Wildman–Crippen LogP) is -2.12. The van der Waals surface area contributed by atoms with E-state index in [1.54, 1.807) is 0 Å². The number of esters is 1. The minimum atomic E-state index is -0.899. The van der Waals surface area contributed by atoms with Gasteiger partial charge in [0.2, 0.25) is 0 Å². The molecule has 12 heavy (non-hydrogen) atoms. The molecule has 0 spiro atoms. The van der Waals surface area contributed by atoms with Gasteiger partial charge in [0.15, 0.2) is 17.9 Å². The molecule has 0 aliphatic rings. The summed E-state index contributed by atoms with van der Waals surface area (Å²) in [6.07, 6.45) is 0. The highest BCUT2D eigenvalue weighted by atomic mass is 16.7. The molecule has 7 nitrogen and oxygen atoms in total. The Morgan fingerprint density at radius 1 is 1.67 bits per heavy atom. The summed E-state index contributed by atoms with van der Waals surface area (Å²) in [4.78, 5) is 16.0. The third kappa shape index (κ3) is 1.16. The Labute approximate surface area is 67.0 Å². The van der Waals surface area contributed by atoms with Crippen molar-refractivity contribution in [2.45, 2.75) is 0 Å². The summed E-state index contributed by atoms with van der Waals surface area (Å²) >= 11 is 0. The van der Waals surface area contributed by atoms with Crippen molar-refractivity contribution in [3.05, 3.63) is 5.69 Å². The average Bonchev–Trinajstić information content (AvgIpc) is 2.45. The molecule has 1 rings (SSSR count). The highest BCUT2D eigenvalue weighted by Crippen LogP contribution is 2.06. The molecule has 0 fully saturated rings. The minimum absolute atomic E-state index is 0.403. The standard InChI is InChI=1S/C5H6N2O5/c1-10-4(8)3-5(9)12-6-7(3)11-2/h1-2H3. The van der Waals surface area contributed by atoms with Gasteiger partial charge in [-0.25, -0.2) is 9.63 Å². The second kappa shape index (κ2) is 3.07. The predicted molar refractivity (Wildman–Crippen MR) is 30.0 cm³/mol. The van der Waals surface area contributed by atoms with Crippen molar-refractivity contribution in [2.24, 2.45) is 0 Å². The van der Waals surface area contributed by atoms with Crippen molar-refractivity contribution in [3.8, 4) is 5.95 Å². The van der Waals surface area contributed by atoms with Crippen LogP contribution in [0.2, 0.25) is 0 Å². The van der Waals surface area contributed by atoms with Gasteiger partial charge in [-0.2, -0.15) is 0 Å². The summed E-state index contributed by atoms with van der Waals surface area (Å²) in [6, 6.07) is 0. The van der Waals surface area contributed by atoms with Crippen LogP contribution in [0.15, 0.2) is 4.52 Å². The molecule has 0 radical (unpaired) electrons. The molecule has 0 bridgehead atoms. The number of nitrogens with zero attached hydrogens (tertiary/aromatic N) is 2. The van der Waals surface area contributed by atoms with Crippen LogP contribution in [0.1, 0.15) is 10.5 Å². The smallest absolute Gasteiger partial charge is 0.413 e. The molecule has 0 amide bonds. The maximum Gasteiger partial charge on any atom is 0.413 e. The Bertz CT molecular complexity index is 294. The number of carbonyl (C=O) groups is 1. The maximum atomic E-state index is 10.9. The van der Waals surface area contributed by atoms with Crippen LogP contribution >= 0.6 is 0 Å². The fourth-order valence-electron chi connectivity index (χ4n) is 0.619. The summed E-state index contributed by atoms with van der Waals surface area (Å²) in [5.74, 6) is -1.76. The molecule has 0 aromatic carbocycles. The van der Waals surface area contributed by atoms with Gasteiger partial charge in [0.05, 0.1) is 7.11 Å². The van der Waals surface area contributed by atoms with Crippen molar-refractivity contribution >= 4 is 5.97 Å². The number of hydrogen-bond acceptors (Lipinski definition) is 6. The van der Waals surface area contributed by atoms with Crippen molar-refractivity contribution in [3.63, 3.8) is 0 Å². The third-order valence-electron chi connectivity index (χ3n) is 1.13. The summed E-state index contributed by atoms with van der Waals surface area (Å²) < 4.78 is 8.42. The van der Waals surface area contributed by atoms with Crippen LogP contribution in [0.5, 0.6) is 5.95 Å². The van der Waals surface area contributed by atoms with Gasteiger partial charge in [-0.1, -0.05) is 0 Å². The topological polar surface area (TPSA) is 88.5 Å². The Balaban J connectivity index is 3.10. The Hall–Kier alpha value is -1.79. The monoisotopic (exact) mass is 174 g/mol. The second-order valence-electron chi connectivity index (χ2n) is 1.76. The lowest BCUT2D eigenvalue weighted by Crippen LogP contribution is -2.47. The van der Waals surface area contributed by atoms with Gasteiger partial charge >= 0.3 is 11.7 Å². The second-order valence-corrected chi connectivity index (χ2v) is 1.76. The van der Waals surface area contributed by atoms with E-state index in [4.69, 9.17) is 0 Å². The van der Waals surface area contributed by atoms with Gasteiger partial charge in [-0.15, -0.1) is 0 Å². The van der Waals surface area contributed by atoms with Gasteiger partial charge in [0.25, 0.3) is 0 Å².